The summed E-state index contributed by atoms with van der Waals surface area (Å²) in [5, 5.41) is 12.8. The highest BCUT2D eigenvalue weighted by Crippen LogP contribution is 2.19. The first-order chi connectivity index (χ1) is 7.16. The van der Waals surface area contributed by atoms with Crippen molar-refractivity contribution in [3.05, 3.63) is 36.2 Å². The van der Waals surface area contributed by atoms with Crippen LogP contribution in [0.15, 0.2) is 30.6 Å². The number of aromatic nitrogens is 2. The second-order valence-electron chi connectivity index (χ2n) is 3.66. The number of hydrogen-bond acceptors (Lipinski definition) is 2. The van der Waals surface area contributed by atoms with Gasteiger partial charge in [0, 0.05) is 12.4 Å². The number of carbonyl (C=O) groups is 1. The molecule has 2 aromatic rings. The molecule has 0 aliphatic carbocycles. The maximum Gasteiger partial charge on any atom is 0.303 e. The van der Waals surface area contributed by atoms with Gasteiger partial charge in [-0.15, -0.1) is 0 Å². The molecule has 0 saturated heterocycles. The maximum atomic E-state index is 10.6. The highest BCUT2D eigenvalue weighted by atomic mass is 16.4. The Labute approximate surface area is 87.2 Å². The number of hydrogen-bond donors (Lipinski definition) is 1. The Balaban J connectivity index is 2.30. The molecule has 0 aliphatic rings. The Kier molecular flexibility index (Phi) is 2.41. The van der Waals surface area contributed by atoms with E-state index in [1.165, 1.54) is 0 Å². The van der Waals surface area contributed by atoms with Gasteiger partial charge in [0.15, 0.2) is 0 Å². The normalized spacial score (nSPS) is 12.9. The summed E-state index contributed by atoms with van der Waals surface area (Å²) in [7, 11) is 0. The summed E-state index contributed by atoms with van der Waals surface area (Å²) < 4.78 is 1.76. The van der Waals surface area contributed by atoms with Gasteiger partial charge in [0.1, 0.15) is 0 Å². The summed E-state index contributed by atoms with van der Waals surface area (Å²) in [6.07, 6.45) is 3.75. The molecule has 0 saturated carbocycles. The van der Waals surface area contributed by atoms with Crippen molar-refractivity contribution in [1.29, 1.82) is 0 Å². The van der Waals surface area contributed by atoms with Gasteiger partial charge in [-0.2, -0.15) is 5.10 Å². The molecule has 1 N–H and O–H groups in total. The van der Waals surface area contributed by atoms with Crippen LogP contribution < -0.4 is 0 Å². The Morgan fingerprint density at radius 2 is 2.33 bits per heavy atom. The SMILES string of the molecule is CC(CC(=O)O)c1ccc2ccnn2c1. The third-order valence-corrected chi connectivity index (χ3v) is 2.47. The molecule has 4 nitrogen and oxygen atoms in total. The van der Waals surface area contributed by atoms with Gasteiger partial charge in [0.25, 0.3) is 0 Å². The molecule has 15 heavy (non-hydrogen) atoms. The minimum atomic E-state index is -0.775. The van der Waals surface area contributed by atoms with E-state index in [1.54, 1.807) is 10.7 Å². The van der Waals surface area contributed by atoms with Crippen molar-refractivity contribution in [2.75, 3.05) is 0 Å². The van der Waals surface area contributed by atoms with Crippen LogP contribution in [-0.2, 0) is 4.79 Å². The second kappa shape index (κ2) is 3.73. The van der Waals surface area contributed by atoms with Crippen LogP contribution in [0.3, 0.4) is 0 Å². The number of aliphatic carboxylic acids is 1. The molecule has 0 spiro atoms. The summed E-state index contributed by atoms with van der Waals surface area (Å²) in [6, 6.07) is 5.80. The fourth-order valence-electron chi connectivity index (χ4n) is 1.60. The van der Waals surface area contributed by atoms with Crippen molar-refractivity contribution in [2.24, 2.45) is 0 Å². The van der Waals surface area contributed by atoms with Crippen LogP contribution in [0.5, 0.6) is 0 Å². The number of carboxylic acid groups (broad SMARTS) is 1. The van der Waals surface area contributed by atoms with Crippen LogP contribution in [0, 0.1) is 0 Å². The van der Waals surface area contributed by atoms with Crippen LogP contribution in [-0.4, -0.2) is 20.7 Å². The lowest BCUT2D eigenvalue weighted by molar-refractivity contribution is -0.137. The third-order valence-electron chi connectivity index (χ3n) is 2.47. The molecule has 0 aromatic carbocycles. The van der Waals surface area contributed by atoms with Crippen LogP contribution >= 0.6 is 0 Å². The highest BCUT2D eigenvalue weighted by molar-refractivity contribution is 5.68. The lowest BCUT2D eigenvalue weighted by atomic mass is 10.00. The van der Waals surface area contributed by atoms with E-state index in [-0.39, 0.29) is 12.3 Å². The van der Waals surface area contributed by atoms with E-state index in [2.05, 4.69) is 5.10 Å². The average Bonchev–Trinajstić information content (AvgIpc) is 2.62. The Morgan fingerprint density at radius 3 is 3.07 bits per heavy atom. The summed E-state index contributed by atoms with van der Waals surface area (Å²) in [5.74, 6) is -0.765. The van der Waals surface area contributed by atoms with Crippen LogP contribution in [0.25, 0.3) is 5.52 Å². The first kappa shape index (κ1) is 9.71. The molecular formula is C11H12N2O2. The van der Waals surface area contributed by atoms with Crippen molar-refractivity contribution in [2.45, 2.75) is 19.3 Å². The van der Waals surface area contributed by atoms with E-state index in [1.807, 2.05) is 31.3 Å². The topological polar surface area (TPSA) is 54.6 Å². The molecule has 0 radical (unpaired) electrons. The third kappa shape index (κ3) is 1.98. The zero-order chi connectivity index (χ0) is 10.8. The van der Waals surface area contributed by atoms with E-state index >= 15 is 0 Å². The minimum absolute atomic E-state index is 0.0103. The molecule has 2 aromatic heterocycles. The highest BCUT2D eigenvalue weighted by Gasteiger charge is 2.10. The summed E-state index contributed by atoms with van der Waals surface area (Å²) in [5.41, 5.74) is 2.01. The number of nitrogens with zero attached hydrogens (tertiary/aromatic N) is 2. The van der Waals surface area contributed by atoms with Gasteiger partial charge in [0.2, 0.25) is 0 Å². The largest absolute Gasteiger partial charge is 0.481 e. The zero-order valence-electron chi connectivity index (χ0n) is 8.42. The molecule has 2 heterocycles. The Morgan fingerprint density at radius 1 is 1.53 bits per heavy atom. The predicted molar refractivity (Wildman–Crippen MR) is 55.9 cm³/mol. The number of carboxylic acids is 1. The summed E-state index contributed by atoms with van der Waals surface area (Å²) in [6.45, 7) is 1.90. The van der Waals surface area contributed by atoms with Crippen molar-refractivity contribution in [1.82, 2.24) is 9.61 Å². The molecule has 0 bridgehead atoms. The van der Waals surface area contributed by atoms with Crippen molar-refractivity contribution in [3.8, 4) is 0 Å². The van der Waals surface area contributed by atoms with Gasteiger partial charge >= 0.3 is 5.97 Å². The van der Waals surface area contributed by atoms with E-state index in [0.717, 1.165) is 11.1 Å². The van der Waals surface area contributed by atoms with Crippen molar-refractivity contribution >= 4 is 11.5 Å². The molecule has 0 amide bonds. The molecular weight excluding hydrogens is 192 g/mol. The fraction of sp³-hybridized carbons (Fsp3) is 0.273. The lowest BCUT2D eigenvalue weighted by Gasteiger charge is -2.08. The standard InChI is InChI=1S/C11H12N2O2/c1-8(6-11(14)15)9-2-3-10-4-5-12-13(10)7-9/h2-5,7-8H,6H2,1H3,(H,14,15). The zero-order valence-corrected chi connectivity index (χ0v) is 8.42. The number of fused-ring (bicyclic) bond motifs is 1. The molecule has 78 valence electrons. The van der Waals surface area contributed by atoms with Gasteiger partial charge in [0.05, 0.1) is 11.9 Å². The summed E-state index contributed by atoms with van der Waals surface area (Å²) in [4.78, 5) is 10.6. The maximum absolute atomic E-state index is 10.6. The first-order valence-corrected chi connectivity index (χ1v) is 4.82. The average molecular weight is 204 g/mol. The number of pyridine rings is 1. The molecule has 1 unspecified atom stereocenters. The van der Waals surface area contributed by atoms with Crippen LogP contribution in [0.1, 0.15) is 24.8 Å². The van der Waals surface area contributed by atoms with Crippen LogP contribution in [0.2, 0.25) is 0 Å². The Hall–Kier alpha value is -1.84. The van der Waals surface area contributed by atoms with E-state index in [0.29, 0.717) is 0 Å². The first-order valence-electron chi connectivity index (χ1n) is 4.82. The smallest absolute Gasteiger partial charge is 0.303 e. The molecule has 0 aliphatic heterocycles. The van der Waals surface area contributed by atoms with Gasteiger partial charge in [-0.25, -0.2) is 4.52 Å². The van der Waals surface area contributed by atoms with Crippen molar-refractivity contribution in [3.63, 3.8) is 0 Å². The Bertz CT molecular complexity index is 490. The number of rotatable bonds is 3. The lowest BCUT2D eigenvalue weighted by Crippen LogP contribution is -2.04. The molecule has 4 heteroatoms. The monoisotopic (exact) mass is 204 g/mol. The quantitative estimate of drug-likeness (QED) is 0.830. The molecule has 2 rings (SSSR count). The van der Waals surface area contributed by atoms with E-state index < -0.39 is 5.97 Å². The minimum Gasteiger partial charge on any atom is -0.481 e. The van der Waals surface area contributed by atoms with E-state index in [9.17, 15) is 4.79 Å². The predicted octanol–water partition coefficient (Wildman–Crippen LogP) is 1.91. The fourth-order valence-corrected chi connectivity index (χ4v) is 1.60. The van der Waals surface area contributed by atoms with Gasteiger partial charge in [-0.3, -0.25) is 4.79 Å². The molecule has 0 fully saturated rings. The van der Waals surface area contributed by atoms with E-state index in [4.69, 9.17) is 5.11 Å². The van der Waals surface area contributed by atoms with Crippen molar-refractivity contribution < 1.29 is 9.90 Å². The van der Waals surface area contributed by atoms with Gasteiger partial charge in [-0.1, -0.05) is 13.0 Å². The van der Waals surface area contributed by atoms with Gasteiger partial charge in [-0.05, 0) is 23.6 Å². The molecule has 1 atom stereocenters. The van der Waals surface area contributed by atoms with Crippen LogP contribution in [0.4, 0.5) is 0 Å². The van der Waals surface area contributed by atoms with Gasteiger partial charge < -0.3 is 5.11 Å². The summed E-state index contributed by atoms with van der Waals surface area (Å²) >= 11 is 0. The second-order valence-corrected chi connectivity index (χ2v) is 3.66.